The summed E-state index contributed by atoms with van der Waals surface area (Å²) in [6.07, 6.45) is 1.61. The van der Waals surface area contributed by atoms with Crippen LogP contribution in [-0.2, 0) is 16.2 Å². The van der Waals surface area contributed by atoms with E-state index in [1.54, 1.807) is 18.3 Å². The average molecular weight is 965 g/mol. The van der Waals surface area contributed by atoms with E-state index in [2.05, 4.69) is 121 Å². The molecule has 0 N–H and O–H groups in total. The third-order valence-corrected chi connectivity index (χ3v) is 14.2. The number of aromatic nitrogens is 3. The summed E-state index contributed by atoms with van der Waals surface area (Å²) < 4.78 is 108. The van der Waals surface area contributed by atoms with E-state index in [4.69, 9.17) is 22.1 Å². The molecule has 0 spiro atoms. The number of rotatable bonds is 7. The maximum absolute atomic E-state index is 9.20. The summed E-state index contributed by atoms with van der Waals surface area (Å²) >= 11 is 0. The first-order chi connectivity index (χ1) is 39.5. The molecule has 0 radical (unpaired) electrons. The molecule has 0 saturated carbocycles. The molecule has 362 valence electrons. The molecule has 0 unspecified atom stereocenters. The highest BCUT2D eigenvalue weighted by atomic mass is 16.5. The van der Waals surface area contributed by atoms with Gasteiger partial charge in [-0.25, -0.2) is 4.98 Å². The first-order valence-corrected chi connectivity index (χ1v) is 24.8. The first-order valence-electron chi connectivity index (χ1n) is 30.3. The van der Waals surface area contributed by atoms with Crippen molar-refractivity contribution in [3.63, 3.8) is 0 Å². The van der Waals surface area contributed by atoms with E-state index < -0.39 is 55.2 Å². The quantitative estimate of drug-likeness (QED) is 0.160. The van der Waals surface area contributed by atoms with Gasteiger partial charge >= 0.3 is 0 Å². The zero-order valence-corrected chi connectivity index (χ0v) is 42.6. The van der Waals surface area contributed by atoms with Crippen molar-refractivity contribution in [1.29, 1.82) is 0 Å². The molecular weight excluding hydrogens is 891 g/mol. The molecule has 0 aliphatic carbocycles. The number of hydrogen-bond acceptors (Lipinski definition) is 4. The van der Waals surface area contributed by atoms with Gasteiger partial charge < -0.3 is 19.1 Å². The monoisotopic (exact) mass is 965 g/mol. The van der Waals surface area contributed by atoms with E-state index in [1.807, 2.05) is 77.4 Å². The van der Waals surface area contributed by atoms with Crippen LogP contribution in [0.5, 0.6) is 11.5 Å². The van der Waals surface area contributed by atoms with Crippen molar-refractivity contribution in [3.05, 3.63) is 210 Å². The SMILES string of the molecule is [2H]c1c([2H])c([2H])c2c(c1[2H])c1c([2H])c([2H])c([2H])c([2H])c1n2-c1ccc2c(c1)c1ccc(Oc3cccc(N4CN(c5cc(C(C)(C)C)cc(C(C)(C)C)c5)c5ccccc54)c3)cc1n2-c1cc(C([2H])([2H])[2H])c(-c2cccc(C(C)(C)C)c2)cn1. The minimum absolute atomic E-state index is 0.00588. The molecule has 0 bridgehead atoms. The minimum atomic E-state index is -2.56. The first kappa shape index (κ1) is 35.1. The van der Waals surface area contributed by atoms with E-state index >= 15 is 0 Å². The number of fused-ring (bicyclic) bond motifs is 7. The molecule has 8 aromatic carbocycles. The molecule has 0 saturated heterocycles. The normalized spacial score (nSPS) is 15.5. The fourth-order valence-corrected chi connectivity index (χ4v) is 10.2. The van der Waals surface area contributed by atoms with Gasteiger partial charge in [0.25, 0.3) is 0 Å². The van der Waals surface area contributed by atoms with Gasteiger partial charge in [-0.3, -0.25) is 4.57 Å². The van der Waals surface area contributed by atoms with Crippen LogP contribution in [-0.4, -0.2) is 20.8 Å². The molecule has 1 aliphatic rings. The number of benzene rings is 8. The molecule has 6 heteroatoms. The number of nitrogens with zero attached hydrogens (tertiary/aromatic N) is 5. The Morgan fingerprint density at radius 2 is 1.12 bits per heavy atom. The summed E-state index contributed by atoms with van der Waals surface area (Å²) in [7, 11) is 0. The van der Waals surface area contributed by atoms with Gasteiger partial charge in [-0.1, -0.05) is 147 Å². The van der Waals surface area contributed by atoms with E-state index in [-0.39, 0.29) is 43.6 Å². The Hall–Kier alpha value is -8.09. The zero-order chi connectivity index (χ0) is 60.0. The standard InChI is InChI=1S/C67H63N5O/c1-43-33-64(68-41-57(43)44-19-17-20-45(34-44)65(2,3)4)72-60-32-29-49(71-58-25-13-11-23-53(58)54-24-12-14-26-59(54)71)39-56(60)55-31-30-52(40-63(55)72)73-51-22-18-21-48(38-51)69-42-70(62-28-16-15-27-61(62)69)50-36-46(66(5,6)7)35-47(37-50)67(8,9)10/h11-41H,42H2,1-10H3/i1D3,11D,12D,13D,14D,23D,24D,25D,26D. The van der Waals surface area contributed by atoms with Crippen LogP contribution in [0.2, 0.25) is 0 Å². The van der Waals surface area contributed by atoms with Crippen molar-refractivity contribution in [1.82, 2.24) is 14.1 Å². The van der Waals surface area contributed by atoms with Gasteiger partial charge in [0.1, 0.15) is 24.0 Å². The molecule has 1 aliphatic heterocycles. The average Bonchev–Trinajstić information content (AvgIpc) is 1.71. The lowest BCUT2D eigenvalue weighted by Crippen LogP contribution is -2.25. The Kier molecular flexibility index (Phi) is 8.18. The molecular formula is C67H63N5O. The Balaban J connectivity index is 1.02. The second kappa shape index (κ2) is 17.0. The van der Waals surface area contributed by atoms with Crippen LogP contribution in [0.3, 0.4) is 0 Å². The third-order valence-electron chi connectivity index (χ3n) is 14.2. The second-order valence-corrected chi connectivity index (χ2v) is 22.3. The van der Waals surface area contributed by atoms with Crippen LogP contribution < -0.4 is 14.5 Å². The molecule has 6 nitrogen and oxygen atoms in total. The number of ether oxygens (including phenoxy) is 1. The lowest BCUT2D eigenvalue weighted by Gasteiger charge is -2.29. The Morgan fingerprint density at radius 3 is 1.79 bits per heavy atom. The van der Waals surface area contributed by atoms with Gasteiger partial charge in [0, 0.05) is 66.6 Å². The highest BCUT2D eigenvalue weighted by molar-refractivity contribution is 6.12. The third kappa shape index (κ3) is 8.10. The number of anilines is 4. The molecule has 73 heavy (non-hydrogen) atoms. The topological polar surface area (TPSA) is 38.5 Å². The summed E-state index contributed by atoms with van der Waals surface area (Å²) in [6, 6.07) is 40.0. The number of aryl methyl sites for hydroxylation is 1. The maximum Gasteiger partial charge on any atom is 0.137 e. The van der Waals surface area contributed by atoms with Crippen molar-refractivity contribution >= 4 is 66.4 Å². The second-order valence-electron chi connectivity index (χ2n) is 22.3. The van der Waals surface area contributed by atoms with Gasteiger partial charge in [0.2, 0.25) is 0 Å². The van der Waals surface area contributed by atoms with Crippen LogP contribution in [0.4, 0.5) is 22.7 Å². The van der Waals surface area contributed by atoms with Crippen LogP contribution in [0.25, 0.3) is 66.2 Å². The molecule has 11 aromatic rings. The Morgan fingerprint density at radius 1 is 0.479 bits per heavy atom. The van der Waals surface area contributed by atoms with Crippen LogP contribution in [0.1, 0.15) is 99.6 Å². The molecule has 12 rings (SSSR count). The fraction of sp³-hybridized carbons (Fsp3) is 0.209. The summed E-state index contributed by atoms with van der Waals surface area (Å²) in [4.78, 5) is 9.68. The molecule has 0 amide bonds. The van der Waals surface area contributed by atoms with Gasteiger partial charge in [0.15, 0.2) is 0 Å². The van der Waals surface area contributed by atoms with Crippen LogP contribution >= 0.6 is 0 Å². The highest BCUT2D eigenvalue weighted by Crippen LogP contribution is 2.47. The summed E-state index contributed by atoms with van der Waals surface area (Å²) in [5.74, 6) is 1.36. The summed E-state index contributed by atoms with van der Waals surface area (Å²) in [6.45, 7) is 17.8. The maximum atomic E-state index is 9.20. The van der Waals surface area contributed by atoms with E-state index in [9.17, 15) is 2.74 Å². The molecule has 3 aromatic heterocycles. The Labute approximate surface area is 445 Å². The Bertz CT molecular complexity index is 4450. The fourth-order valence-electron chi connectivity index (χ4n) is 10.2. The zero-order valence-electron chi connectivity index (χ0n) is 53.6. The van der Waals surface area contributed by atoms with E-state index in [1.165, 1.54) is 15.7 Å². The van der Waals surface area contributed by atoms with Crippen molar-refractivity contribution in [2.24, 2.45) is 0 Å². The van der Waals surface area contributed by atoms with Crippen molar-refractivity contribution in [3.8, 4) is 34.1 Å². The van der Waals surface area contributed by atoms with Gasteiger partial charge in [0.05, 0.1) is 44.4 Å². The minimum Gasteiger partial charge on any atom is -0.457 e. The highest BCUT2D eigenvalue weighted by Gasteiger charge is 2.31. The van der Waals surface area contributed by atoms with Gasteiger partial charge in [-0.05, 0) is 136 Å². The smallest absolute Gasteiger partial charge is 0.137 e. The lowest BCUT2D eigenvalue weighted by atomic mass is 9.80. The molecule has 0 atom stereocenters. The summed E-state index contributed by atoms with van der Waals surface area (Å²) in [5, 5.41) is 1.26. The van der Waals surface area contributed by atoms with Crippen molar-refractivity contribution in [2.45, 2.75) is 85.4 Å². The number of pyridine rings is 1. The predicted molar refractivity (Wildman–Crippen MR) is 308 cm³/mol. The van der Waals surface area contributed by atoms with E-state index in [0.717, 1.165) is 28.3 Å². The summed E-state index contributed by atoms with van der Waals surface area (Å²) in [5.41, 5.74) is 10.2. The van der Waals surface area contributed by atoms with Crippen LogP contribution in [0.15, 0.2) is 188 Å². The van der Waals surface area contributed by atoms with Crippen molar-refractivity contribution in [2.75, 3.05) is 16.5 Å². The molecule has 4 heterocycles. The largest absolute Gasteiger partial charge is 0.457 e. The number of hydrogen-bond donors (Lipinski definition) is 0. The van der Waals surface area contributed by atoms with Gasteiger partial charge in [-0.2, -0.15) is 0 Å². The predicted octanol–water partition coefficient (Wildman–Crippen LogP) is 18.2. The van der Waals surface area contributed by atoms with E-state index in [0.29, 0.717) is 62.6 Å². The van der Waals surface area contributed by atoms with Gasteiger partial charge in [-0.15, -0.1) is 0 Å². The molecule has 0 fully saturated rings. The number of para-hydroxylation sites is 4. The van der Waals surface area contributed by atoms with Crippen LogP contribution in [0, 0.1) is 6.85 Å². The lowest BCUT2D eigenvalue weighted by molar-refractivity contribution is 0.483. The van der Waals surface area contributed by atoms with Crippen molar-refractivity contribution < 1.29 is 19.8 Å².